The van der Waals surface area contributed by atoms with Crippen LogP contribution in [0.15, 0.2) is 77.8 Å². The molecule has 1 aromatic heterocycles. The third kappa shape index (κ3) is 3.95. The lowest BCUT2D eigenvalue weighted by atomic mass is 9.69. The van der Waals surface area contributed by atoms with E-state index in [1.807, 2.05) is 67.6 Å². The van der Waals surface area contributed by atoms with Crippen LogP contribution in [0.4, 0.5) is 5.69 Å². The summed E-state index contributed by atoms with van der Waals surface area (Å²) in [4.78, 5) is 23.1. The molecule has 6 rings (SSSR count). The number of methoxy groups -OCH3 is 1. The Labute approximate surface area is 210 Å². The van der Waals surface area contributed by atoms with Crippen LogP contribution in [0.3, 0.4) is 0 Å². The second-order valence-corrected chi connectivity index (χ2v) is 9.58. The van der Waals surface area contributed by atoms with Crippen molar-refractivity contribution in [3.05, 3.63) is 95.2 Å². The molecule has 0 N–H and O–H groups in total. The first-order valence-corrected chi connectivity index (χ1v) is 12.5. The van der Waals surface area contributed by atoms with Crippen LogP contribution in [0.1, 0.15) is 47.6 Å². The number of hydrogen-bond donors (Lipinski definition) is 0. The van der Waals surface area contributed by atoms with Crippen LogP contribution in [0.25, 0.3) is 10.9 Å². The molecule has 0 bridgehead atoms. The standard InChI is InChI=1S/C31H28N2O3/c1-19-11-13-22-23(32-19)14-15-25-30(22)29(31-24(33-25)9-6-10-26(31)34)21-12-16-27(28(17-21)35-2)36-18-20-7-4-3-5-8-20/h3-5,7-8,11-17,29,31H,6,9-10,18H2,1-2H3. The van der Waals surface area contributed by atoms with Gasteiger partial charge in [-0.2, -0.15) is 0 Å². The maximum Gasteiger partial charge on any atom is 0.161 e. The van der Waals surface area contributed by atoms with E-state index in [4.69, 9.17) is 19.5 Å². The van der Waals surface area contributed by atoms with Crippen LogP contribution in [0.5, 0.6) is 11.5 Å². The highest BCUT2D eigenvalue weighted by Crippen LogP contribution is 2.49. The molecule has 2 unspecified atom stereocenters. The van der Waals surface area contributed by atoms with Crippen LogP contribution in [-0.4, -0.2) is 23.6 Å². The first-order chi connectivity index (χ1) is 17.6. The molecule has 5 heteroatoms. The molecule has 0 saturated heterocycles. The van der Waals surface area contributed by atoms with Gasteiger partial charge < -0.3 is 9.47 Å². The molecule has 0 amide bonds. The highest BCUT2D eigenvalue weighted by Gasteiger charge is 2.41. The summed E-state index contributed by atoms with van der Waals surface area (Å²) in [5, 5.41) is 1.05. The van der Waals surface area contributed by atoms with E-state index in [9.17, 15) is 4.79 Å². The van der Waals surface area contributed by atoms with E-state index >= 15 is 0 Å². The summed E-state index contributed by atoms with van der Waals surface area (Å²) in [5.74, 6) is 1.19. The molecule has 180 valence electrons. The predicted octanol–water partition coefficient (Wildman–Crippen LogP) is 6.72. The van der Waals surface area contributed by atoms with Crippen LogP contribution >= 0.6 is 0 Å². The van der Waals surface area contributed by atoms with Gasteiger partial charge in [0, 0.05) is 29.1 Å². The third-order valence-corrected chi connectivity index (χ3v) is 7.28. The Balaban J connectivity index is 1.47. The number of Topliss-reactive ketones (excluding diaryl/α,β-unsaturated/α-hetero) is 1. The summed E-state index contributed by atoms with van der Waals surface area (Å²) < 4.78 is 11.9. The predicted molar refractivity (Wildman–Crippen MR) is 142 cm³/mol. The Morgan fingerprint density at radius 1 is 0.917 bits per heavy atom. The largest absolute Gasteiger partial charge is 0.493 e. The molecule has 4 aromatic rings. The van der Waals surface area contributed by atoms with Gasteiger partial charge in [0.1, 0.15) is 12.4 Å². The summed E-state index contributed by atoms with van der Waals surface area (Å²) in [6.07, 6.45) is 2.30. The van der Waals surface area contributed by atoms with Crippen molar-refractivity contribution >= 4 is 28.1 Å². The van der Waals surface area contributed by atoms with Crippen molar-refractivity contribution < 1.29 is 14.3 Å². The van der Waals surface area contributed by atoms with E-state index in [-0.39, 0.29) is 17.6 Å². The number of pyridine rings is 1. The highest BCUT2D eigenvalue weighted by molar-refractivity contribution is 6.11. The quantitative estimate of drug-likeness (QED) is 0.321. The molecule has 3 aromatic carbocycles. The second-order valence-electron chi connectivity index (χ2n) is 9.58. The second kappa shape index (κ2) is 9.23. The minimum absolute atomic E-state index is 0.148. The van der Waals surface area contributed by atoms with Gasteiger partial charge in [-0.05, 0) is 66.8 Å². The zero-order chi connectivity index (χ0) is 24.6. The normalized spacial score (nSPS) is 18.8. The number of benzene rings is 3. The van der Waals surface area contributed by atoms with Gasteiger partial charge in [0.05, 0.1) is 24.2 Å². The third-order valence-electron chi connectivity index (χ3n) is 7.28. The number of aromatic nitrogens is 1. The average Bonchev–Trinajstić information content (AvgIpc) is 2.91. The number of carbonyl (C=O) groups is 1. The van der Waals surface area contributed by atoms with E-state index in [1.54, 1.807) is 7.11 Å². The van der Waals surface area contributed by atoms with E-state index in [1.165, 1.54) is 0 Å². The van der Waals surface area contributed by atoms with Gasteiger partial charge in [0.2, 0.25) is 0 Å². The van der Waals surface area contributed by atoms with Gasteiger partial charge in [-0.15, -0.1) is 0 Å². The number of carbonyl (C=O) groups excluding carboxylic acids is 1. The fraction of sp³-hybridized carbons (Fsp3) is 0.258. The van der Waals surface area contributed by atoms with Crippen molar-refractivity contribution in [1.29, 1.82) is 0 Å². The molecule has 1 saturated carbocycles. The molecule has 5 nitrogen and oxygen atoms in total. The molecule has 0 radical (unpaired) electrons. The maximum absolute atomic E-state index is 13.3. The van der Waals surface area contributed by atoms with Crippen molar-refractivity contribution in [1.82, 2.24) is 4.98 Å². The van der Waals surface area contributed by atoms with Gasteiger partial charge >= 0.3 is 0 Å². The molecule has 1 fully saturated rings. The SMILES string of the molecule is COc1cc(C2c3c(ccc4nc(C)ccc34)N=C3CCCC(=O)C32)ccc1OCc1ccccc1. The van der Waals surface area contributed by atoms with Gasteiger partial charge in [0.15, 0.2) is 11.5 Å². The number of fused-ring (bicyclic) bond motifs is 4. The summed E-state index contributed by atoms with van der Waals surface area (Å²) >= 11 is 0. The summed E-state index contributed by atoms with van der Waals surface area (Å²) in [5.41, 5.74) is 7.01. The molecule has 1 aliphatic heterocycles. The fourth-order valence-corrected chi connectivity index (χ4v) is 5.60. The average molecular weight is 477 g/mol. The molecule has 36 heavy (non-hydrogen) atoms. The van der Waals surface area contributed by atoms with Crippen molar-refractivity contribution in [2.75, 3.05) is 7.11 Å². The minimum Gasteiger partial charge on any atom is -0.493 e. The Morgan fingerprint density at radius 3 is 2.61 bits per heavy atom. The molecular formula is C31H28N2O3. The lowest BCUT2D eigenvalue weighted by molar-refractivity contribution is -0.121. The highest BCUT2D eigenvalue weighted by atomic mass is 16.5. The van der Waals surface area contributed by atoms with E-state index in [0.29, 0.717) is 24.5 Å². The maximum atomic E-state index is 13.3. The number of hydrogen-bond acceptors (Lipinski definition) is 5. The van der Waals surface area contributed by atoms with Crippen molar-refractivity contribution in [3.63, 3.8) is 0 Å². The van der Waals surface area contributed by atoms with Crippen LogP contribution in [0.2, 0.25) is 0 Å². The Kier molecular flexibility index (Phi) is 5.76. The van der Waals surface area contributed by atoms with E-state index in [0.717, 1.165) is 57.5 Å². The fourth-order valence-electron chi connectivity index (χ4n) is 5.60. The molecular weight excluding hydrogens is 448 g/mol. The molecule has 1 aliphatic carbocycles. The number of rotatable bonds is 5. The number of ether oxygens (including phenoxy) is 2. The monoisotopic (exact) mass is 476 g/mol. The molecule has 2 atom stereocenters. The number of ketones is 1. The minimum atomic E-state index is -0.265. The summed E-state index contributed by atoms with van der Waals surface area (Å²) in [7, 11) is 1.66. The van der Waals surface area contributed by atoms with Crippen molar-refractivity contribution in [2.45, 2.75) is 38.7 Å². The first kappa shape index (κ1) is 22.5. The topological polar surface area (TPSA) is 60.8 Å². The Hall–Kier alpha value is -3.99. The van der Waals surface area contributed by atoms with Crippen LogP contribution in [0, 0.1) is 12.8 Å². The summed E-state index contributed by atoms with van der Waals surface area (Å²) in [6.45, 7) is 2.45. The van der Waals surface area contributed by atoms with Crippen LogP contribution < -0.4 is 9.47 Å². The first-order valence-electron chi connectivity index (χ1n) is 12.5. The van der Waals surface area contributed by atoms with Crippen molar-refractivity contribution in [2.24, 2.45) is 10.9 Å². The Bertz CT molecular complexity index is 1490. The van der Waals surface area contributed by atoms with Crippen molar-refractivity contribution in [3.8, 4) is 11.5 Å². The molecule has 0 spiro atoms. The zero-order valence-corrected chi connectivity index (χ0v) is 20.5. The van der Waals surface area contributed by atoms with Gasteiger partial charge in [-0.3, -0.25) is 14.8 Å². The number of nitrogens with zero attached hydrogens (tertiary/aromatic N) is 2. The van der Waals surface area contributed by atoms with Crippen LogP contribution in [-0.2, 0) is 11.4 Å². The van der Waals surface area contributed by atoms with E-state index in [2.05, 4.69) is 12.1 Å². The Morgan fingerprint density at radius 2 is 1.78 bits per heavy atom. The molecule has 2 aliphatic rings. The van der Waals surface area contributed by atoms with Gasteiger partial charge in [-0.25, -0.2) is 0 Å². The van der Waals surface area contributed by atoms with Gasteiger partial charge in [-0.1, -0.05) is 42.5 Å². The summed E-state index contributed by atoms with van der Waals surface area (Å²) in [6, 6.07) is 24.4. The zero-order valence-electron chi connectivity index (χ0n) is 20.5. The smallest absolute Gasteiger partial charge is 0.161 e. The lowest BCUT2D eigenvalue weighted by Gasteiger charge is -2.36. The van der Waals surface area contributed by atoms with Gasteiger partial charge in [0.25, 0.3) is 0 Å². The lowest BCUT2D eigenvalue weighted by Crippen LogP contribution is -2.36. The van der Waals surface area contributed by atoms with E-state index < -0.39 is 0 Å². The molecule has 2 heterocycles. The number of aryl methyl sites for hydroxylation is 1. The number of aliphatic imine (C=N–C) groups is 1.